The van der Waals surface area contributed by atoms with Gasteiger partial charge in [-0.1, -0.05) is 55.5 Å². The lowest BCUT2D eigenvalue weighted by Crippen LogP contribution is -2.33. The van der Waals surface area contributed by atoms with Crippen molar-refractivity contribution in [3.8, 4) is 23.1 Å². The molecule has 0 bridgehead atoms. The van der Waals surface area contributed by atoms with Gasteiger partial charge in [-0.2, -0.15) is 0 Å². The average Bonchev–Trinajstić information content (AvgIpc) is 3.54. The van der Waals surface area contributed by atoms with Crippen LogP contribution in [0.25, 0.3) is 16.8 Å². The van der Waals surface area contributed by atoms with E-state index < -0.39 is 0 Å². The Kier molecular flexibility index (Phi) is 6.81. The van der Waals surface area contributed by atoms with Crippen LogP contribution in [0.2, 0.25) is 0 Å². The number of nitrogens with zero attached hydrogens (tertiary/aromatic N) is 5. The molecule has 2 N–H and O–H groups in total. The minimum Gasteiger partial charge on any atom is -0.382 e. The second-order valence-corrected chi connectivity index (χ2v) is 10.9. The number of carbonyl (C=O) groups is 2. The van der Waals surface area contributed by atoms with Gasteiger partial charge in [0.05, 0.1) is 12.5 Å². The summed E-state index contributed by atoms with van der Waals surface area (Å²) in [6.45, 7) is 2.39. The van der Waals surface area contributed by atoms with Crippen molar-refractivity contribution in [3.05, 3.63) is 78.1 Å². The van der Waals surface area contributed by atoms with Crippen molar-refractivity contribution >= 4 is 23.0 Å². The van der Waals surface area contributed by atoms with Crippen LogP contribution in [0, 0.1) is 17.3 Å². The highest BCUT2D eigenvalue weighted by Gasteiger charge is 2.48. The fraction of sp³-hybridized carbons (Fsp3) is 0.344. The Bertz CT molecular complexity index is 1630. The van der Waals surface area contributed by atoms with Gasteiger partial charge >= 0.3 is 0 Å². The van der Waals surface area contributed by atoms with E-state index in [4.69, 9.17) is 10.7 Å². The maximum atomic E-state index is 13.2. The lowest BCUT2D eigenvalue weighted by Gasteiger charge is -2.32. The fourth-order valence-electron chi connectivity index (χ4n) is 6.45. The number of imidazole rings is 1. The first-order valence-electron chi connectivity index (χ1n) is 13.9. The number of benzene rings is 1. The number of amides is 1. The van der Waals surface area contributed by atoms with Gasteiger partial charge < -0.3 is 10.6 Å². The van der Waals surface area contributed by atoms with Crippen LogP contribution in [0.1, 0.15) is 73.4 Å². The normalized spacial score (nSPS) is 18.0. The van der Waals surface area contributed by atoms with Gasteiger partial charge in [-0.15, -0.1) is 0 Å². The standard InChI is InChI=1S/C32H32N6O2/c1-2-8-27(40)38-21-32(14-5-3-6-15-32)20-25(38)31-36-28(29-30(33)35-17-18-37(29)31)23-12-10-22(11-13-23)26(39)19-24-9-4-7-16-34-24/h4,7,9-13,16-18,25H,3,5-6,14-15,19-21H2,1H3,(H2,33,35). The number of hydrogen-bond donors (Lipinski definition) is 1. The SMILES string of the molecule is CC#CC(=O)N1CC2(CCCCC2)CC1c1nc(-c2ccc(C(=O)Cc3ccccn3)cc2)c2c(N)nccn12. The quantitative estimate of drug-likeness (QED) is 0.285. The van der Waals surface area contributed by atoms with E-state index in [2.05, 4.69) is 21.8 Å². The molecule has 40 heavy (non-hydrogen) atoms. The maximum Gasteiger partial charge on any atom is 0.299 e. The molecular formula is C32H32N6O2. The number of rotatable bonds is 5. The summed E-state index contributed by atoms with van der Waals surface area (Å²) in [5.41, 5.74) is 10.1. The van der Waals surface area contributed by atoms with Crippen LogP contribution in [-0.4, -0.2) is 42.5 Å². The van der Waals surface area contributed by atoms with Crippen molar-refractivity contribution in [2.24, 2.45) is 5.41 Å². The first-order valence-corrected chi connectivity index (χ1v) is 13.9. The Labute approximate surface area is 233 Å². The van der Waals surface area contributed by atoms with E-state index in [0.717, 1.165) is 36.3 Å². The monoisotopic (exact) mass is 532 g/mol. The molecule has 2 aliphatic rings. The summed E-state index contributed by atoms with van der Waals surface area (Å²) >= 11 is 0. The van der Waals surface area contributed by atoms with Gasteiger partial charge in [0, 0.05) is 42.0 Å². The molecule has 1 aliphatic carbocycles. The maximum absolute atomic E-state index is 13.2. The van der Waals surface area contributed by atoms with Crippen molar-refractivity contribution in [2.45, 2.75) is 57.9 Å². The molecule has 1 saturated heterocycles. The van der Waals surface area contributed by atoms with Crippen molar-refractivity contribution in [2.75, 3.05) is 12.3 Å². The number of nitrogens with two attached hydrogens (primary N) is 1. The molecule has 1 unspecified atom stereocenters. The predicted molar refractivity (Wildman–Crippen MR) is 153 cm³/mol. The van der Waals surface area contributed by atoms with Crippen LogP contribution >= 0.6 is 0 Å². The summed E-state index contributed by atoms with van der Waals surface area (Å²) in [4.78, 5) is 41.7. The Balaban J connectivity index is 1.38. The summed E-state index contributed by atoms with van der Waals surface area (Å²) in [5.74, 6) is 6.52. The molecule has 1 aliphatic heterocycles. The minimum atomic E-state index is -0.214. The summed E-state index contributed by atoms with van der Waals surface area (Å²) in [6.07, 6.45) is 12.1. The van der Waals surface area contributed by atoms with Crippen molar-refractivity contribution < 1.29 is 9.59 Å². The Hall–Kier alpha value is -4.51. The van der Waals surface area contributed by atoms with Crippen LogP contribution in [0.15, 0.2) is 61.1 Å². The highest BCUT2D eigenvalue weighted by molar-refractivity contribution is 5.98. The Morgan fingerprint density at radius 2 is 1.85 bits per heavy atom. The summed E-state index contributed by atoms with van der Waals surface area (Å²) in [7, 11) is 0. The van der Waals surface area contributed by atoms with Crippen molar-refractivity contribution in [1.29, 1.82) is 0 Å². The molecule has 8 heteroatoms. The van der Waals surface area contributed by atoms with Crippen LogP contribution in [0.5, 0.6) is 0 Å². The van der Waals surface area contributed by atoms with Gasteiger partial charge in [0.15, 0.2) is 5.78 Å². The van der Waals surface area contributed by atoms with Crippen molar-refractivity contribution in [3.63, 3.8) is 0 Å². The zero-order valence-corrected chi connectivity index (χ0v) is 22.6. The van der Waals surface area contributed by atoms with Gasteiger partial charge in [-0.3, -0.25) is 19.0 Å². The van der Waals surface area contributed by atoms with Crippen LogP contribution < -0.4 is 5.73 Å². The molecule has 1 spiro atoms. The lowest BCUT2D eigenvalue weighted by molar-refractivity contribution is -0.126. The van der Waals surface area contributed by atoms with E-state index >= 15 is 0 Å². The molecule has 4 aromatic rings. The van der Waals surface area contributed by atoms with E-state index in [1.54, 1.807) is 19.3 Å². The van der Waals surface area contributed by atoms with Crippen LogP contribution in [0.4, 0.5) is 5.82 Å². The van der Waals surface area contributed by atoms with E-state index in [0.29, 0.717) is 29.1 Å². The Morgan fingerprint density at radius 1 is 1.05 bits per heavy atom. The Morgan fingerprint density at radius 3 is 2.58 bits per heavy atom. The third-order valence-electron chi connectivity index (χ3n) is 8.37. The summed E-state index contributed by atoms with van der Waals surface area (Å²) in [6, 6.07) is 12.8. The molecule has 6 rings (SSSR count). The molecule has 3 aromatic heterocycles. The molecule has 1 aromatic carbocycles. The van der Waals surface area contributed by atoms with E-state index in [9.17, 15) is 9.59 Å². The smallest absolute Gasteiger partial charge is 0.299 e. The number of pyridine rings is 1. The van der Waals surface area contributed by atoms with E-state index in [1.807, 2.05) is 58.0 Å². The first-order chi connectivity index (χ1) is 19.5. The highest BCUT2D eigenvalue weighted by atomic mass is 16.2. The number of Topliss-reactive ketones (excluding diaryl/α,β-unsaturated/α-hetero) is 1. The number of carbonyl (C=O) groups excluding carboxylic acids is 2. The molecule has 1 amide bonds. The molecular weight excluding hydrogens is 500 g/mol. The summed E-state index contributed by atoms with van der Waals surface area (Å²) in [5, 5.41) is 0. The van der Waals surface area contributed by atoms with Gasteiger partial charge in [0.25, 0.3) is 5.91 Å². The van der Waals surface area contributed by atoms with Crippen molar-refractivity contribution in [1.82, 2.24) is 24.3 Å². The molecule has 4 heterocycles. The molecule has 8 nitrogen and oxygen atoms in total. The highest BCUT2D eigenvalue weighted by Crippen LogP contribution is 2.51. The number of ketones is 1. The predicted octanol–water partition coefficient (Wildman–Crippen LogP) is 5.05. The summed E-state index contributed by atoms with van der Waals surface area (Å²) < 4.78 is 1.98. The molecule has 1 atom stereocenters. The number of likely N-dealkylation sites (tertiary alicyclic amines) is 1. The first kappa shape index (κ1) is 25.8. The zero-order chi connectivity index (χ0) is 27.7. The van der Waals surface area contributed by atoms with Gasteiger partial charge in [-0.05, 0) is 49.7 Å². The zero-order valence-electron chi connectivity index (χ0n) is 22.6. The molecule has 202 valence electrons. The van der Waals surface area contributed by atoms with E-state index in [1.165, 1.54) is 19.3 Å². The van der Waals surface area contributed by atoms with Crippen LogP contribution in [0.3, 0.4) is 0 Å². The number of aromatic nitrogens is 4. The second kappa shape index (κ2) is 10.6. The minimum absolute atomic E-state index is 0.00302. The largest absolute Gasteiger partial charge is 0.382 e. The fourth-order valence-corrected chi connectivity index (χ4v) is 6.45. The average molecular weight is 533 g/mol. The topological polar surface area (TPSA) is 106 Å². The number of nitrogen functional groups attached to an aromatic ring is 1. The van der Waals surface area contributed by atoms with Crippen LogP contribution in [-0.2, 0) is 11.2 Å². The number of fused-ring (bicyclic) bond motifs is 1. The lowest BCUT2D eigenvalue weighted by atomic mass is 9.72. The second-order valence-electron chi connectivity index (χ2n) is 10.9. The molecule has 2 fully saturated rings. The third-order valence-corrected chi connectivity index (χ3v) is 8.37. The third kappa shape index (κ3) is 4.73. The molecule has 0 radical (unpaired) electrons. The van der Waals surface area contributed by atoms with Gasteiger partial charge in [0.1, 0.15) is 22.9 Å². The van der Waals surface area contributed by atoms with E-state index in [-0.39, 0.29) is 29.6 Å². The van der Waals surface area contributed by atoms with Gasteiger partial charge in [-0.25, -0.2) is 9.97 Å². The number of anilines is 1. The van der Waals surface area contributed by atoms with Gasteiger partial charge in [0.2, 0.25) is 0 Å². The molecule has 1 saturated carbocycles. The number of hydrogen-bond acceptors (Lipinski definition) is 6.